The molecular weight excluding hydrogens is 248 g/mol. The highest BCUT2D eigenvalue weighted by molar-refractivity contribution is 7.86. The van der Waals surface area contributed by atoms with Crippen molar-refractivity contribution < 1.29 is 8.42 Å². The summed E-state index contributed by atoms with van der Waals surface area (Å²) in [6.07, 6.45) is 2.60. The topological polar surface area (TPSA) is 40.6 Å². The van der Waals surface area contributed by atoms with Gasteiger partial charge in [-0.3, -0.25) is 0 Å². The smallest absolute Gasteiger partial charge is 0.195 e. The quantitative estimate of drug-likeness (QED) is 0.710. The van der Waals surface area contributed by atoms with Crippen molar-refractivity contribution in [3.63, 3.8) is 0 Å². The highest BCUT2D eigenvalue weighted by atomic mass is 35.5. The van der Waals surface area contributed by atoms with Crippen molar-refractivity contribution in [1.82, 2.24) is 8.61 Å². The third-order valence-corrected chi connectivity index (χ3v) is 5.47. The molecule has 0 bridgehead atoms. The Bertz CT molecular complexity index is 300. The minimum Gasteiger partial charge on any atom is -0.195 e. The molecule has 0 atom stereocenters. The van der Waals surface area contributed by atoms with Crippen molar-refractivity contribution in [2.75, 3.05) is 32.6 Å². The Labute approximate surface area is 104 Å². The summed E-state index contributed by atoms with van der Waals surface area (Å²) in [6, 6.07) is 0. The van der Waals surface area contributed by atoms with Gasteiger partial charge >= 0.3 is 0 Å². The summed E-state index contributed by atoms with van der Waals surface area (Å²) in [5, 5.41) is 0. The molecule has 1 fully saturated rings. The van der Waals surface area contributed by atoms with E-state index in [1.165, 1.54) is 4.31 Å². The molecule has 1 rings (SSSR count). The average molecular weight is 269 g/mol. The summed E-state index contributed by atoms with van der Waals surface area (Å²) in [5.41, 5.74) is 0. The van der Waals surface area contributed by atoms with E-state index in [0.29, 0.717) is 31.4 Å². The van der Waals surface area contributed by atoms with Gasteiger partial charge in [-0.25, -0.2) is 0 Å². The first-order valence-electron chi connectivity index (χ1n) is 5.79. The summed E-state index contributed by atoms with van der Waals surface area (Å²) in [7, 11) is -1.59. The van der Waals surface area contributed by atoms with Crippen LogP contribution in [0.4, 0.5) is 0 Å². The molecular formula is C10H21ClN2O2S. The summed E-state index contributed by atoms with van der Waals surface area (Å²) >= 11 is 5.78. The fraction of sp³-hybridized carbons (Fsp3) is 1.00. The Kier molecular flexibility index (Phi) is 5.50. The van der Waals surface area contributed by atoms with Crippen molar-refractivity contribution in [1.29, 1.82) is 0 Å². The number of alkyl halides is 1. The predicted molar refractivity (Wildman–Crippen MR) is 66.9 cm³/mol. The summed E-state index contributed by atoms with van der Waals surface area (Å²) < 4.78 is 27.2. The van der Waals surface area contributed by atoms with Crippen molar-refractivity contribution in [3.05, 3.63) is 0 Å². The lowest BCUT2D eigenvalue weighted by atomic mass is 10.0. The number of hydrogen-bond donors (Lipinski definition) is 0. The van der Waals surface area contributed by atoms with Crippen LogP contribution in [-0.4, -0.2) is 49.6 Å². The fourth-order valence-corrected chi connectivity index (χ4v) is 3.71. The highest BCUT2D eigenvalue weighted by Gasteiger charge is 2.30. The second kappa shape index (κ2) is 6.19. The van der Waals surface area contributed by atoms with Crippen LogP contribution in [0.15, 0.2) is 0 Å². The fourth-order valence-electron chi connectivity index (χ4n) is 1.92. The van der Waals surface area contributed by atoms with Crippen molar-refractivity contribution in [2.24, 2.45) is 5.92 Å². The maximum atomic E-state index is 12.1. The molecule has 0 spiro atoms. The molecule has 0 aliphatic carbocycles. The summed E-state index contributed by atoms with van der Waals surface area (Å²) in [5.74, 6) is 1.11. The zero-order valence-corrected chi connectivity index (χ0v) is 11.6. The van der Waals surface area contributed by atoms with E-state index in [1.54, 1.807) is 11.4 Å². The Hall–Kier alpha value is 0.160. The standard InChI is InChI=1S/C10H21ClN2O2S/c1-3-6-12(2)16(14,15)13-7-4-10(9-11)5-8-13/h10H,3-9H2,1-2H3. The Morgan fingerprint density at radius 2 is 1.94 bits per heavy atom. The number of hydrogen-bond acceptors (Lipinski definition) is 2. The molecule has 1 aliphatic rings. The number of halogens is 1. The van der Waals surface area contributed by atoms with E-state index in [9.17, 15) is 8.42 Å². The molecule has 16 heavy (non-hydrogen) atoms. The molecule has 0 radical (unpaired) electrons. The highest BCUT2D eigenvalue weighted by Crippen LogP contribution is 2.21. The molecule has 0 aromatic rings. The van der Waals surface area contributed by atoms with Crippen molar-refractivity contribution >= 4 is 21.8 Å². The van der Waals surface area contributed by atoms with E-state index >= 15 is 0 Å². The molecule has 1 heterocycles. The molecule has 6 heteroatoms. The molecule has 1 aliphatic heterocycles. The molecule has 0 N–H and O–H groups in total. The number of piperidine rings is 1. The van der Waals surface area contributed by atoms with Crippen LogP contribution < -0.4 is 0 Å². The Morgan fingerprint density at radius 3 is 2.38 bits per heavy atom. The molecule has 0 amide bonds. The predicted octanol–water partition coefficient (Wildman–Crippen LogP) is 1.52. The van der Waals surface area contributed by atoms with Crippen molar-refractivity contribution in [3.8, 4) is 0 Å². The van der Waals surface area contributed by atoms with Gasteiger partial charge in [0.2, 0.25) is 0 Å². The van der Waals surface area contributed by atoms with E-state index in [1.807, 2.05) is 6.92 Å². The van der Waals surface area contributed by atoms with Crippen LogP contribution in [0.25, 0.3) is 0 Å². The Morgan fingerprint density at radius 1 is 1.38 bits per heavy atom. The van der Waals surface area contributed by atoms with E-state index in [4.69, 9.17) is 11.6 Å². The third-order valence-electron chi connectivity index (χ3n) is 3.05. The van der Waals surface area contributed by atoms with Crippen molar-refractivity contribution in [2.45, 2.75) is 26.2 Å². The number of nitrogens with zero attached hydrogens (tertiary/aromatic N) is 2. The maximum absolute atomic E-state index is 12.1. The molecule has 4 nitrogen and oxygen atoms in total. The van der Waals surface area contributed by atoms with Gasteiger partial charge in [-0.1, -0.05) is 6.92 Å². The lowest BCUT2D eigenvalue weighted by molar-refractivity contribution is 0.272. The second-order valence-electron chi connectivity index (χ2n) is 4.33. The third kappa shape index (κ3) is 3.32. The van der Waals surface area contributed by atoms with Gasteiger partial charge in [0.25, 0.3) is 10.2 Å². The largest absolute Gasteiger partial charge is 0.281 e. The van der Waals surface area contributed by atoms with Gasteiger partial charge in [-0.2, -0.15) is 17.0 Å². The zero-order valence-electron chi connectivity index (χ0n) is 10.0. The van der Waals surface area contributed by atoms with Crippen LogP contribution in [0.1, 0.15) is 26.2 Å². The summed E-state index contributed by atoms with van der Waals surface area (Å²) in [4.78, 5) is 0. The van der Waals surface area contributed by atoms with Gasteiger partial charge in [-0.05, 0) is 25.2 Å². The van der Waals surface area contributed by atoms with E-state index < -0.39 is 10.2 Å². The molecule has 96 valence electrons. The van der Waals surface area contributed by atoms with Gasteiger partial charge in [0, 0.05) is 32.6 Å². The first kappa shape index (κ1) is 14.2. The molecule has 0 unspecified atom stereocenters. The molecule has 0 aromatic carbocycles. The molecule has 1 saturated heterocycles. The van der Waals surface area contributed by atoms with Crippen LogP contribution in [-0.2, 0) is 10.2 Å². The monoisotopic (exact) mass is 268 g/mol. The minimum absolute atomic E-state index is 0.476. The molecule has 0 aromatic heterocycles. The van der Waals surface area contributed by atoms with Gasteiger partial charge < -0.3 is 0 Å². The SMILES string of the molecule is CCCN(C)S(=O)(=O)N1CCC(CCl)CC1. The zero-order chi connectivity index (χ0) is 12.2. The first-order valence-corrected chi connectivity index (χ1v) is 7.72. The normalized spacial score (nSPS) is 20.5. The average Bonchev–Trinajstić information content (AvgIpc) is 2.29. The van der Waals surface area contributed by atoms with Crippen LogP contribution in [0.3, 0.4) is 0 Å². The van der Waals surface area contributed by atoms with Crippen LogP contribution in [0, 0.1) is 5.92 Å². The molecule has 0 saturated carbocycles. The van der Waals surface area contributed by atoms with E-state index in [0.717, 1.165) is 19.3 Å². The lowest BCUT2D eigenvalue weighted by Crippen LogP contribution is -2.46. The van der Waals surface area contributed by atoms with Gasteiger partial charge in [0.1, 0.15) is 0 Å². The maximum Gasteiger partial charge on any atom is 0.281 e. The lowest BCUT2D eigenvalue weighted by Gasteiger charge is -2.33. The van der Waals surface area contributed by atoms with Crippen LogP contribution in [0.5, 0.6) is 0 Å². The minimum atomic E-state index is -3.23. The second-order valence-corrected chi connectivity index (χ2v) is 6.67. The van der Waals surface area contributed by atoms with Crippen LogP contribution >= 0.6 is 11.6 Å². The number of rotatable bonds is 5. The first-order chi connectivity index (χ1) is 7.52. The summed E-state index contributed by atoms with van der Waals surface area (Å²) in [6.45, 7) is 3.77. The Balaban J connectivity index is 2.58. The van der Waals surface area contributed by atoms with Gasteiger partial charge in [0.05, 0.1) is 0 Å². The van der Waals surface area contributed by atoms with Gasteiger partial charge in [-0.15, -0.1) is 11.6 Å². The van der Waals surface area contributed by atoms with E-state index in [-0.39, 0.29) is 0 Å². The van der Waals surface area contributed by atoms with Gasteiger partial charge in [0.15, 0.2) is 0 Å². The van der Waals surface area contributed by atoms with E-state index in [2.05, 4.69) is 0 Å². The van der Waals surface area contributed by atoms with Crippen LogP contribution in [0.2, 0.25) is 0 Å².